The van der Waals surface area contributed by atoms with E-state index in [9.17, 15) is 9.18 Å². The molecule has 0 saturated heterocycles. The van der Waals surface area contributed by atoms with E-state index in [0.29, 0.717) is 28.5 Å². The number of benzene rings is 1. The van der Waals surface area contributed by atoms with E-state index in [-0.39, 0.29) is 29.7 Å². The van der Waals surface area contributed by atoms with Crippen molar-refractivity contribution in [1.29, 1.82) is 0 Å². The molecule has 1 amide bonds. The molecule has 10 heteroatoms. The summed E-state index contributed by atoms with van der Waals surface area (Å²) in [5.41, 5.74) is 0.630. The summed E-state index contributed by atoms with van der Waals surface area (Å²) in [5.74, 6) is -0.403. The number of anilines is 1. The molecule has 0 N–H and O–H groups in total. The predicted octanol–water partition coefficient (Wildman–Crippen LogP) is 3.59. The van der Waals surface area contributed by atoms with Crippen molar-refractivity contribution < 1.29 is 13.9 Å². The molecule has 2 heterocycles. The summed E-state index contributed by atoms with van der Waals surface area (Å²) < 4.78 is 21.6. The molecule has 0 aliphatic carbocycles. The van der Waals surface area contributed by atoms with Crippen LogP contribution in [-0.4, -0.2) is 58.9 Å². The van der Waals surface area contributed by atoms with Crippen LogP contribution in [0.25, 0.3) is 10.2 Å². The first-order chi connectivity index (χ1) is 13.5. The first-order valence-corrected chi connectivity index (χ1v) is 9.97. The van der Waals surface area contributed by atoms with Gasteiger partial charge >= 0.3 is 0 Å². The number of hydrogen-bond donors (Lipinski definition) is 0. The molecular formula is C19H25ClFN5O2S. The van der Waals surface area contributed by atoms with Gasteiger partial charge in [0, 0.05) is 26.3 Å². The fraction of sp³-hybridized carbons (Fsp3) is 0.421. The van der Waals surface area contributed by atoms with Crippen LogP contribution in [-0.2, 0) is 7.05 Å². The zero-order valence-corrected chi connectivity index (χ0v) is 18.5. The molecule has 0 unspecified atom stereocenters. The summed E-state index contributed by atoms with van der Waals surface area (Å²) in [6.07, 6.45) is 1.62. The highest BCUT2D eigenvalue weighted by Crippen LogP contribution is 2.32. The molecule has 0 spiro atoms. The molecule has 0 aliphatic rings. The summed E-state index contributed by atoms with van der Waals surface area (Å²) in [6, 6.07) is 4.82. The number of aryl methyl sites for hydroxylation is 1. The van der Waals surface area contributed by atoms with Crippen molar-refractivity contribution in [1.82, 2.24) is 19.7 Å². The van der Waals surface area contributed by atoms with E-state index in [1.165, 1.54) is 29.2 Å². The number of hydrogen-bond acceptors (Lipinski definition) is 6. The van der Waals surface area contributed by atoms with E-state index in [1.54, 1.807) is 30.3 Å². The molecular weight excluding hydrogens is 417 g/mol. The van der Waals surface area contributed by atoms with Crippen molar-refractivity contribution in [3.05, 3.63) is 35.8 Å². The number of aromatic nitrogens is 3. The van der Waals surface area contributed by atoms with Crippen molar-refractivity contribution in [2.45, 2.75) is 13.8 Å². The lowest BCUT2D eigenvalue weighted by Gasteiger charge is -2.24. The molecule has 3 aromatic rings. The quantitative estimate of drug-likeness (QED) is 0.534. The highest BCUT2D eigenvalue weighted by molar-refractivity contribution is 7.22. The summed E-state index contributed by atoms with van der Waals surface area (Å²) in [7, 11) is 3.21. The minimum absolute atomic E-state index is 0. The fourth-order valence-electron chi connectivity index (χ4n) is 2.99. The van der Waals surface area contributed by atoms with Gasteiger partial charge in [-0.1, -0.05) is 31.3 Å². The van der Waals surface area contributed by atoms with E-state index in [4.69, 9.17) is 4.74 Å². The third-order valence-corrected chi connectivity index (χ3v) is 5.63. The Balaban J connectivity index is 0.00000300. The average Bonchev–Trinajstić information content (AvgIpc) is 3.29. The van der Waals surface area contributed by atoms with E-state index < -0.39 is 5.82 Å². The van der Waals surface area contributed by atoms with Crippen LogP contribution in [0.15, 0.2) is 24.4 Å². The van der Waals surface area contributed by atoms with Crippen LogP contribution in [0.1, 0.15) is 24.2 Å². The lowest BCUT2D eigenvalue weighted by molar-refractivity contribution is 0.0980. The maximum atomic E-state index is 14.1. The average molecular weight is 442 g/mol. The second-order valence-corrected chi connectivity index (χ2v) is 7.30. The molecule has 0 saturated carbocycles. The van der Waals surface area contributed by atoms with Gasteiger partial charge in [0.05, 0.1) is 11.8 Å². The largest absolute Gasteiger partial charge is 0.479 e. The Bertz CT molecular complexity index is 973. The first kappa shape index (κ1) is 23.1. The number of halogens is 2. The maximum absolute atomic E-state index is 14.1. The second kappa shape index (κ2) is 10.00. The van der Waals surface area contributed by atoms with Gasteiger partial charge in [0.15, 0.2) is 5.13 Å². The van der Waals surface area contributed by atoms with E-state index in [1.807, 2.05) is 0 Å². The number of para-hydroxylation sites is 1. The number of amides is 1. The molecule has 2 aromatic heterocycles. The van der Waals surface area contributed by atoms with Crippen LogP contribution >= 0.6 is 23.7 Å². The number of thiazole rings is 1. The third kappa shape index (κ3) is 4.85. The van der Waals surface area contributed by atoms with Gasteiger partial charge in [0.1, 0.15) is 16.9 Å². The Hall–Kier alpha value is -2.23. The number of rotatable bonds is 8. The Morgan fingerprint density at radius 1 is 1.28 bits per heavy atom. The predicted molar refractivity (Wildman–Crippen MR) is 116 cm³/mol. The summed E-state index contributed by atoms with van der Waals surface area (Å²) in [5, 5.41) is 4.63. The smallest absolute Gasteiger partial charge is 0.267 e. The van der Waals surface area contributed by atoms with Crippen molar-refractivity contribution in [3.8, 4) is 5.88 Å². The molecule has 7 nitrogen and oxygen atoms in total. The molecule has 158 valence electrons. The summed E-state index contributed by atoms with van der Waals surface area (Å²) >= 11 is 1.30. The second-order valence-electron chi connectivity index (χ2n) is 6.29. The maximum Gasteiger partial charge on any atom is 0.267 e. The molecule has 0 aliphatic heterocycles. The van der Waals surface area contributed by atoms with Gasteiger partial charge in [-0.15, -0.1) is 17.5 Å². The minimum Gasteiger partial charge on any atom is -0.479 e. The lowest BCUT2D eigenvalue weighted by Crippen LogP contribution is -2.38. The van der Waals surface area contributed by atoms with Gasteiger partial charge in [-0.25, -0.2) is 9.37 Å². The normalized spacial score (nSPS) is 11.0. The fourth-order valence-corrected chi connectivity index (χ4v) is 4.00. The summed E-state index contributed by atoms with van der Waals surface area (Å²) in [6.45, 7) is 7.02. The molecule has 3 rings (SSSR count). The topological polar surface area (TPSA) is 63.5 Å². The van der Waals surface area contributed by atoms with E-state index in [0.717, 1.165) is 13.1 Å². The minimum atomic E-state index is -0.393. The monoisotopic (exact) mass is 441 g/mol. The van der Waals surface area contributed by atoms with Gasteiger partial charge in [0.2, 0.25) is 5.88 Å². The van der Waals surface area contributed by atoms with Gasteiger partial charge in [-0.3, -0.25) is 14.4 Å². The van der Waals surface area contributed by atoms with Gasteiger partial charge in [-0.05, 0) is 25.2 Å². The summed E-state index contributed by atoms with van der Waals surface area (Å²) in [4.78, 5) is 21.6. The molecule has 0 atom stereocenters. The van der Waals surface area contributed by atoms with Gasteiger partial charge in [0.25, 0.3) is 5.91 Å². The number of likely N-dealkylation sites (N-methyl/N-ethyl adjacent to an activating group) is 1. The highest BCUT2D eigenvalue weighted by atomic mass is 35.5. The number of ether oxygens (including phenoxy) is 1. The highest BCUT2D eigenvalue weighted by Gasteiger charge is 2.26. The molecule has 29 heavy (non-hydrogen) atoms. The number of fused-ring (bicyclic) bond motifs is 1. The third-order valence-electron chi connectivity index (χ3n) is 4.59. The Morgan fingerprint density at radius 3 is 2.62 bits per heavy atom. The zero-order chi connectivity index (χ0) is 20.3. The molecule has 0 fully saturated rings. The zero-order valence-electron chi connectivity index (χ0n) is 16.9. The molecule has 0 radical (unpaired) electrons. The lowest BCUT2D eigenvalue weighted by atomic mass is 10.3. The van der Waals surface area contributed by atoms with Crippen LogP contribution in [0.5, 0.6) is 5.88 Å². The molecule has 0 bridgehead atoms. The molecule has 1 aromatic carbocycles. The SMILES string of the molecule is CCN(CC)CCN(C(=O)c1cn(C)nc1OC)c1nc2c(F)cccc2s1.Cl. The Kier molecular flexibility index (Phi) is 7.95. The van der Waals surface area contributed by atoms with Crippen LogP contribution in [0.2, 0.25) is 0 Å². The van der Waals surface area contributed by atoms with Crippen LogP contribution in [0.4, 0.5) is 9.52 Å². The number of carbonyl (C=O) groups is 1. The van der Waals surface area contributed by atoms with Crippen LogP contribution in [0.3, 0.4) is 0 Å². The van der Waals surface area contributed by atoms with Crippen molar-refractivity contribution in [3.63, 3.8) is 0 Å². The number of methoxy groups -OCH3 is 1. The van der Waals surface area contributed by atoms with Crippen molar-refractivity contribution >= 4 is 45.0 Å². The van der Waals surface area contributed by atoms with Gasteiger partial charge in [-0.2, -0.15) is 0 Å². The van der Waals surface area contributed by atoms with E-state index in [2.05, 4.69) is 28.8 Å². The number of carbonyl (C=O) groups excluding carboxylic acids is 1. The van der Waals surface area contributed by atoms with Crippen LogP contribution in [0, 0.1) is 5.82 Å². The first-order valence-electron chi connectivity index (χ1n) is 9.15. The Labute approximate surface area is 179 Å². The van der Waals surface area contributed by atoms with E-state index >= 15 is 0 Å². The number of nitrogens with zero attached hydrogens (tertiary/aromatic N) is 5. The van der Waals surface area contributed by atoms with Gasteiger partial charge < -0.3 is 9.64 Å². The van der Waals surface area contributed by atoms with Crippen LogP contribution < -0.4 is 9.64 Å². The van der Waals surface area contributed by atoms with Crippen molar-refractivity contribution in [2.75, 3.05) is 38.2 Å². The Morgan fingerprint density at radius 2 is 2.00 bits per heavy atom. The van der Waals surface area contributed by atoms with Crippen molar-refractivity contribution in [2.24, 2.45) is 7.05 Å². The standard InChI is InChI=1S/C19H24FN5O2S.ClH/c1-5-24(6-2)10-11-25(18(26)13-12-23(3)22-17(13)27-4)19-21-16-14(20)8-7-9-15(16)28-19;/h7-9,12H,5-6,10-11H2,1-4H3;1H.